The molecule has 0 aliphatic heterocycles. The number of para-hydroxylation sites is 1. The van der Waals surface area contributed by atoms with E-state index in [1.807, 2.05) is 34.9 Å². The van der Waals surface area contributed by atoms with E-state index in [0.29, 0.717) is 11.6 Å². The van der Waals surface area contributed by atoms with E-state index in [1.54, 1.807) is 25.4 Å². The molecule has 5 heteroatoms. The smallest absolute Gasteiger partial charge is 0.430 e. The van der Waals surface area contributed by atoms with Gasteiger partial charge in [-0.15, -0.1) is 0 Å². The van der Waals surface area contributed by atoms with Crippen molar-refractivity contribution in [2.45, 2.75) is 6.92 Å². The lowest BCUT2D eigenvalue weighted by Crippen LogP contribution is -2.09. The number of carbonyl (C=O) groups excluding carboxylic acids is 1. The molecule has 0 radical (unpaired) electrons. The second kappa shape index (κ2) is 7.09. The number of rotatable bonds is 5. The minimum atomic E-state index is -0.786. The van der Waals surface area contributed by atoms with Crippen molar-refractivity contribution in [3.05, 3.63) is 67.3 Å². The third-order valence-corrected chi connectivity index (χ3v) is 2.67. The highest BCUT2D eigenvalue weighted by molar-refractivity contribution is 5.71. The van der Waals surface area contributed by atoms with Crippen LogP contribution in [0, 0.1) is 0 Å². The number of imidazole rings is 1. The summed E-state index contributed by atoms with van der Waals surface area (Å²) >= 11 is 0. The number of hydrogen-bond acceptors (Lipinski definition) is 4. The van der Waals surface area contributed by atoms with Crippen LogP contribution in [0.3, 0.4) is 0 Å². The number of aromatic nitrogens is 2. The van der Waals surface area contributed by atoms with E-state index in [1.165, 1.54) is 6.08 Å². The number of benzene rings is 1. The zero-order chi connectivity index (χ0) is 15.1. The summed E-state index contributed by atoms with van der Waals surface area (Å²) < 4.78 is 11.8. The lowest BCUT2D eigenvalue weighted by molar-refractivity contribution is 0.1000. The summed E-state index contributed by atoms with van der Waals surface area (Å²) in [6.07, 6.45) is 5.79. The molecule has 0 atom stereocenters. The number of ether oxygens (including phenoxy) is 2. The SMILES string of the molecule is C=CCOC(=O)O/C(=C\C)c1nccn1-c1ccccc1. The van der Waals surface area contributed by atoms with Crippen molar-refractivity contribution in [3.63, 3.8) is 0 Å². The van der Waals surface area contributed by atoms with Crippen molar-refractivity contribution < 1.29 is 14.3 Å². The summed E-state index contributed by atoms with van der Waals surface area (Å²) in [5.74, 6) is 0.858. The minimum Gasteiger partial charge on any atom is -0.430 e. The first-order valence-corrected chi connectivity index (χ1v) is 6.47. The first-order chi connectivity index (χ1) is 10.3. The number of hydrogen-bond donors (Lipinski definition) is 0. The Balaban J connectivity index is 2.23. The van der Waals surface area contributed by atoms with Gasteiger partial charge in [-0.3, -0.25) is 4.57 Å². The van der Waals surface area contributed by atoms with Crippen LogP contribution in [0.4, 0.5) is 4.79 Å². The fourth-order valence-corrected chi connectivity index (χ4v) is 1.76. The topological polar surface area (TPSA) is 53.4 Å². The molecule has 1 aromatic heterocycles. The average molecular weight is 284 g/mol. The Hall–Kier alpha value is -2.82. The maximum absolute atomic E-state index is 11.5. The summed E-state index contributed by atoms with van der Waals surface area (Å²) in [5.41, 5.74) is 0.924. The molecule has 0 aliphatic carbocycles. The largest absolute Gasteiger partial charge is 0.514 e. The Morgan fingerprint density at radius 2 is 2.14 bits per heavy atom. The Kier molecular flexibility index (Phi) is 4.93. The average Bonchev–Trinajstić information content (AvgIpc) is 3.00. The summed E-state index contributed by atoms with van der Waals surface area (Å²) in [7, 11) is 0. The molecule has 21 heavy (non-hydrogen) atoms. The molecule has 108 valence electrons. The monoisotopic (exact) mass is 284 g/mol. The minimum absolute atomic E-state index is 0.100. The van der Waals surface area contributed by atoms with E-state index in [0.717, 1.165) is 5.69 Å². The van der Waals surface area contributed by atoms with Crippen molar-refractivity contribution in [2.75, 3.05) is 6.61 Å². The standard InChI is InChI=1S/C16H16N2O3/c1-3-12-20-16(19)21-14(4-2)15-17-10-11-18(15)13-8-6-5-7-9-13/h3-11H,1,12H2,2H3/b14-4-. The molecule has 0 N–H and O–H groups in total. The van der Waals surface area contributed by atoms with Gasteiger partial charge in [0.15, 0.2) is 11.6 Å². The van der Waals surface area contributed by atoms with Crippen LogP contribution in [0.1, 0.15) is 12.7 Å². The summed E-state index contributed by atoms with van der Waals surface area (Å²) in [5, 5.41) is 0. The maximum Gasteiger partial charge on any atom is 0.514 e. The predicted molar refractivity (Wildman–Crippen MR) is 79.8 cm³/mol. The van der Waals surface area contributed by atoms with Crippen LogP contribution < -0.4 is 0 Å². The lowest BCUT2D eigenvalue weighted by atomic mass is 10.3. The lowest BCUT2D eigenvalue weighted by Gasteiger charge is -2.10. The predicted octanol–water partition coefficient (Wildman–Crippen LogP) is 3.57. The van der Waals surface area contributed by atoms with Crippen LogP contribution in [0.25, 0.3) is 11.4 Å². The first-order valence-electron chi connectivity index (χ1n) is 6.47. The summed E-state index contributed by atoms with van der Waals surface area (Å²) in [4.78, 5) is 15.8. The van der Waals surface area contributed by atoms with Gasteiger partial charge in [0.1, 0.15) is 6.61 Å². The van der Waals surface area contributed by atoms with Crippen LogP contribution in [0.5, 0.6) is 0 Å². The third-order valence-electron chi connectivity index (χ3n) is 2.67. The fourth-order valence-electron chi connectivity index (χ4n) is 1.76. The molecule has 0 amide bonds. The van der Waals surface area contributed by atoms with E-state index >= 15 is 0 Å². The van der Waals surface area contributed by atoms with E-state index in [2.05, 4.69) is 11.6 Å². The molecule has 0 aliphatic rings. The fraction of sp³-hybridized carbons (Fsp3) is 0.125. The second-order valence-electron chi connectivity index (χ2n) is 4.06. The molecule has 2 rings (SSSR count). The van der Waals surface area contributed by atoms with Gasteiger partial charge in [-0.1, -0.05) is 30.9 Å². The Bertz CT molecular complexity index is 645. The van der Waals surface area contributed by atoms with Crippen molar-refractivity contribution in [1.29, 1.82) is 0 Å². The summed E-state index contributed by atoms with van der Waals surface area (Å²) in [6, 6.07) is 9.66. The van der Waals surface area contributed by atoms with Crippen LogP contribution in [-0.2, 0) is 9.47 Å². The van der Waals surface area contributed by atoms with Gasteiger partial charge < -0.3 is 9.47 Å². The van der Waals surface area contributed by atoms with Crippen molar-refractivity contribution in [2.24, 2.45) is 0 Å². The molecule has 0 fully saturated rings. The van der Waals surface area contributed by atoms with E-state index < -0.39 is 6.16 Å². The molecule has 0 saturated carbocycles. The van der Waals surface area contributed by atoms with E-state index in [4.69, 9.17) is 9.47 Å². The van der Waals surface area contributed by atoms with Gasteiger partial charge in [-0.25, -0.2) is 9.78 Å². The highest BCUT2D eigenvalue weighted by Gasteiger charge is 2.15. The van der Waals surface area contributed by atoms with Gasteiger partial charge in [0, 0.05) is 18.1 Å². The zero-order valence-corrected chi connectivity index (χ0v) is 11.7. The van der Waals surface area contributed by atoms with E-state index in [9.17, 15) is 4.79 Å². The number of carbonyl (C=O) groups is 1. The van der Waals surface area contributed by atoms with Crippen LogP contribution in [0.2, 0.25) is 0 Å². The maximum atomic E-state index is 11.5. The van der Waals surface area contributed by atoms with Gasteiger partial charge in [0.2, 0.25) is 0 Å². The van der Waals surface area contributed by atoms with Crippen LogP contribution >= 0.6 is 0 Å². The van der Waals surface area contributed by atoms with Crippen molar-refractivity contribution in [3.8, 4) is 5.69 Å². The van der Waals surface area contributed by atoms with Crippen molar-refractivity contribution >= 4 is 11.9 Å². The first kappa shape index (κ1) is 14.6. The van der Waals surface area contributed by atoms with Gasteiger partial charge >= 0.3 is 6.16 Å². The highest BCUT2D eigenvalue weighted by Crippen LogP contribution is 2.19. The molecule has 5 nitrogen and oxygen atoms in total. The normalized spacial score (nSPS) is 11.0. The van der Waals surface area contributed by atoms with Crippen molar-refractivity contribution in [1.82, 2.24) is 9.55 Å². The number of nitrogens with zero attached hydrogens (tertiary/aromatic N) is 2. The van der Waals surface area contributed by atoms with Crippen LogP contribution in [-0.4, -0.2) is 22.3 Å². The Morgan fingerprint density at radius 3 is 2.81 bits per heavy atom. The van der Waals surface area contributed by atoms with Gasteiger partial charge in [-0.05, 0) is 25.1 Å². The molecule has 2 aromatic rings. The molecule has 0 bridgehead atoms. The molecular formula is C16H16N2O3. The molecule has 1 heterocycles. The third kappa shape index (κ3) is 3.60. The second-order valence-corrected chi connectivity index (χ2v) is 4.06. The molecule has 1 aromatic carbocycles. The summed E-state index contributed by atoms with van der Waals surface area (Å²) in [6.45, 7) is 5.34. The quantitative estimate of drug-likeness (QED) is 0.478. The Morgan fingerprint density at radius 1 is 1.38 bits per heavy atom. The number of allylic oxidation sites excluding steroid dienone is 1. The molecule has 0 spiro atoms. The van der Waals surface area contributed by atoms with Gasteiger partial charge in [0.05, 0.1) is 0 Å². The molecule has 0 unspecified atom stereocenters. The van der Waals surface area contributed by atoms with Crippen LogP contribution in [0.15, 0.2) is 61.5 Å². The molecular weight excluding hydrogens is 268 g/mol. The highest BCUT2D eigenvalue weighted by atomic mass is 16.7. The van der Waals surface area contributed by atoms with Gasteiger partial charge in [-0.2, -0.15) is 0 Å². The van der Waals surface area contributed by atoms with E-state index in [-0.39, 0.29) is 6.61 Å². The van der Waals surface area contributed by atoms with Gasteiger partial charge in [0.25, 0.3) is 0 Å². The molecule has 0 saturated heterocycles. The zero-order valence-electron chi connectivity index (χ0n) is 11.7. The Labute approximate surface area is 123 Å².